The van der Waals surface area contributed by atoms with E-state index in [0.29, 0.717) is 6.54 Å². The molecule has 0 aliphatic carbocycles. The van der Waals surface area contributed by atoms with Gasteiger partial charge in [0.1, 0.15) is 18.0 Å². The summed E-state index contributed by atoms with van der Waals surface area (Å²) in [4.78, 5) is 2.03. The van der Waals surface area contributed by atoms with Gasteiger partial charge in [-0.2, -0.15) is 0 Å². The highest BCUT2D eigenvalue weighted by Gasteiger charge is 2.27. The Morgan fingerprint density at radius 3 is 2.93 bits per heavy atom. The molecule has 2 atom stereocenters. The molecule has 0 saturated carbocycles. The van der Waals surface area contributed by atoms with E-state index in [1.165, 1.54) is 6.92 Å². The zero-order valence-corrected chi connectivity index (χ0v) is 8.40. The van der Waals surface area contributed by atoms with Crippen LogP contribution in [0.25, 0.3) is 0 Å². The summed E-state index contributed by atoms with van der Waals surface area (Å²) in [5.74, 6) is 0.774. The van der Waals surface area contributed by atoms with Gasteiger partial charge in [0.15, 0.2) is 0 Å². The Hall–Kier alpha value is -1.25. The summed E-state index contributed by atoms with van der Waals surface area (Å²) in [5, 5.41) is 0. The van der Waals surface area contributed by atoms with Crippen molar-refractivity contribution >= 4 is 5.69 Å². The maximum absolute atomic E-state index is 13.1. The molecule has 1 aromatic rings. The molecule has 3 heteroatoms. The quantitative estimate of drug-likeness (QED) is 0.681. The standard InChI is InChI=1S/C11H14FNO/c1-8(12)11-7-13(2)9-5-3-4-6-10(9)14-11/h3-6,8,11H,7H2,1-2H3. The molecule has 0 fully saturated rings. The largest absolute Gasteiger partial charge is 0.483 e. The van der Waals surface area contributed by atoms with Gasteiger partial charge in [0.05, 0.1) is 12.2 Å². The van der Waals surface area contributed by atoms with Crippen molar-refractivity contribution in [2.24, 2.45) is 0 Å². The van der Waals surface area contributed by atoms with Gasteiger partial charge in [-0.25, -0.2) is 4.39 Å². The van der Waals surface area contributed by atoms with Crippen molar-refractivity contribution in [2.75, 3.05) is 18.5 Å². The van der Waals surface area contributed by atoms with Gasteiger partial charge in [0.2, 0.25) is 0 Å². The highest BCUT2D eigenvalue weighted by Crippen LogP contribution is 2.32. The molecule has 0 spiro atoms. The van der Waals surface area contributed by atoms with Crippen molar-refractivity contribution in [3.8, 4) is 5.75 Å². The minimum Gasteiger partial charge on any atom is -0.483 e. The van der Waals surface area contributed by atoms with Crippen LogP contribution in [0.1, 0.15) is 6.92 Å². The van der Waals surface area contributed by atoms with E-state index < -0.39 is 6.17 Å². The molecule has 1 heterocycles. The maximum Gasteiger partial charge on any atom is 0.147 e. The Morgan fingerprint density at radius 2 is 2.21 bits per heavy atom. The molecule has 0 saturated heterocycles. The van der Waals surface area contributed by atoms with Crippen LogP contribution in [0.4, 0.5) is 10.1 Å². The van der Waals surface area contributed by atoms with Gasteiger partial charge in [-0.1, -0.05) is 12.1 Å². The molecule has 0 aromatic heterocycles. The predicted molar refractivity (Wildman–Crippen MR) is 54.7 cm³/mol. The highest BCUT2D eigenvalue weighted by atomic mass is 19.1. The third-order valence-corrected chi connectivity index (χ3v) is 2.52. The highest BCUT2D eigenvalue weighted by molar-refractivity contribution is 5.59. The molecule has 1 aromatic carbocycles. The summed E-state index contributed by atoms with van der Waals surface area (Å²) in [7, 11) is 1.96. The lowest BCUT2D eigenvalue weighted by atomic mass is 10.1. The fraction of sp³-hybridized carbons (Fsp3) is 0.455. The first kappa shape index (κ1) is 9.31. The van der Waals surface area contributed by atoms with E-state index in [9.17, 15) is 4.39 Å². The lowest BCUT2D eigenvalue weighted by Crippen LogP contribution is -2.42. The van der Waals surface area contributed by atoms with Gasteiger partial charge in [-0.05, 0) is 19.1 Å². The van der Waals surface area contributed by atoms with Gasteiger partial charge in [0, 0.05) is 7.05 Å². The van der Waals surface area contributed by atoms with E-state index in [2.05, 4.69) is 0 Å². The molecule has 76 valence electrons. The molecule has 1 aliphatic rings. The first-order chi connectivity index (χ1) is 6.68. The molecule has 0 radical (unpaired) electrons. The average Bonchev–Trinajstić information content (AvgIpc) is 2.17. The second-order valence-electron chi connectivity index (χ2n) is 3.68. The lowest BCUT2D eigenvalue weighted by Gasteiger charge is -2.34. The molecule has 1 aliphatic heterocycles. The number of hydrogen-bond acceptors (Lipinski definition) is 2. The number of para-hydroxylation sites is 2. The van der Waals surface area contributed by atoms with Gasteiger partial charge in [-0.3, -0.25) is 0 Å². The smallest absolute Gasteiger partial charge is 0.147 e. The second kappa shape index (κ2) is 3.48. The van der Waals surface area contributed by atoms with Gasteiger partial charge in [-0.15, -0.1) is 0 Å². The summed E-state index contributed by atoms with van der Waals surface area (Å²) in [6.45, 7) is 2.14. The molecule has 0 amide bonds. The fourth-order valence-electron chi connectivity index (χ4n) is 1.68. The number of rotatable bonds is 1. The number of anilines is 1. The summed E-state index contributed by atoms with van der Waals surface area (Å²) in [6, 6.07) is 7.71. The number of halogens is 1. The van der Waals surface area contributed by atoms with Crippen LogP contribution in [0.2, 0.25) is 0 Å². The molecular formula is C11H14FNO. The fourth-order valence-corrected chi connectivity index (χ4v) is 1.68. The Labute approximate surface area is 83.3 Å². The first-order valence-corrected chi connectivity index (χ1v) is 4.79. The van der Waals surface area contributed by atoms with Crippen molar-refractivity contribution in [2.45, 2.75) is 19.2 Å². The summed E-state index contributed by atoms with van der Waals surface area (Å²) in [5.41, 5.74) is 1.03. The number of fused-ring (bicyclic) bond motifs is 1. The minimum absolute atomic E-state index is 0.352. The topological polar surface area (TPSA) is 12.5 Å². The van der Waals surface area contributed by atoms with Crippen LogP contribution < -0.4 is 9.64 Å². The number of alkyl halides is 1. The molecule has 0 bridgehead atoms. The first-order valence-electron chi connectivity index (χ1n) is 4.79. The van der Waals surface area contributed by atoms with Crippen LogP contribution in [0.15, 0.2) is 24.3 Å². The number of likely N-dealkylation sites (N-methyl/N-ethyl adjacent to an activating group) is 1. The van der Waals surface area contributed by atoms with Crippen LogP contribution in [0.5, 0.6) is 5.75 Å². The van der Waals surface area contributed by atoms with Crippen molar-refractivity contribution in [1.82, 2.24) is 0 Å². The van der Waals surface area contributed by atoms with E-state index >= 15 is 0 Å². The lowest BCUT2D eigenvalue weighted by molar-refractivity contribution is 0.108. The van der Waals surface area contributed by atoms with E-state index in [1.807, 2.05) is 36.2 Å². The normalized spacial score (nSPS) is 22.5. The Balaban J connectivity index is 2.29. The van der Waals surface area contributed by atoms with Crippen LogP contribution in [0.3, 0.4) is 0 Å². The molecule has 0 N–H and O–H groups in total. The Morgan fingerprint density at radius 1 is 1.50 bits per heavy atom. The third-order valence-electron chi connectivity index (χ3n) is 2.52. The SMILES string of the molecule is CC(F)C1CN(C)c2ccccc2O1. The van der Waals surface area contributed by atoms with Crippen LogP contribution in [-0.4, -0.2) is 25.9 Å². The molecular weight excluding hydrogens is 181 g/mol. The van der Waals surface area contributed by atoms with Crippen molar-refractivity contribution in [3.05, 3.63) is 24.3 Å². The zero-order valence-electron chi connectivity index (χ0n) is 8.40. The van der Waals surface area contributed by atoms with Crippen LogP contribution in [0, 0.1) is 0 Å². The number of hydrogen-bond donors (Lipinski definition) is 0. The van der Waals surface area contributed by atoms with Crippen molar-refractivity contribution in [3.63, 3.8) is 0 Å². The van der Waals surface area contributed by atoms with Gasteiger partial charge >= 0.3 is 0 Å². The molecule has 2 rings (SSSR count). The third kappa shape index (κ3) is 1.54. The average molecular weight is 195 g/mol. The van der Waals surface area contributed by atoms with E-state index in [4.69, 9.17) is 4.74 Å². The monoisotopic (exact) mass is 195 g/mol. The molecule has 2 unspecified atom stereocenters. The zero-order chi connectivity index (χ0) is 10.1. The van der Waals surface area contributed by atoms with E-state index in [-0.39, 0.29) is 6.10 Å². The Bertz CT molecular complexity index is 327. The summed E-state index contributed by atoms with van der Waals surface area (Å²) < 4.78 is 18.6. The predicted octanol–water partition coefficient (Wildman–Crippen LogP) is 2.24. The van der Waals surface area contributed by atoms with Gasteiger partial charge < -0.3 is 9.64 Å². The summed E-state index contributed by atoms with van der Waals surface area (Å²) in [6.07, 6.45) is -1.29. The van der Waals surface area contributed by atoms with Crippen molar-refractivity contribution < 1.29 is 9.13 Å². The van der Waals surface area contributed by atoms with Crippen LogP contribution in [-0.2, 0) is 0 Å². The molecule has 14 heavy (non-hydrogen) atoms. The number of ether oxygens (including phenoxy) is 1. The van der Waals surface area contributed by atoms with E-state index in [0.717, 1.165) is 11.4 Å². The van der Waals surface area contributed by atoms with Gasteiger partial charge in [0.25, 0.3) is 0 Å². The maximum atomic E-state index is 13.1. The number of nitrogens with zero attached hydrogens (tertiary/aromatic N) is 1. The molecule has 2 nitrogen and oxygen atoms in total. The second-order valence-corrected chi connectivity index (χ2v) is 3.68. The van der Waals surface area contributed by atoms with E-state index in [1.54, 1.807) is 0 Å². The summed E-state index contributed by atoms with van der Waals surface area (Å²) >= 11 is 0. The minimum atomic E-state index is -0.939. The Kier molecular flexibility index (Phi) is 2.32. The van der Waals surface area contributed by atoms with Crippen LogP contribution >= 0.6 is 0 Å². The number of benzene rings is 1. The van der Waals surface area contributed by atoms with Crippen molar-refractivity contribution in [1.29, 1.82) is 0 Å².